The molecule has 4 rings (SSSR count). The number of benzene rings is 3. The fraction of sp³-hybridized carbons (Fsp3) is 0.321. The van der Waals surface area contributed by atoms with E-state index in [1.54, 1.807) is 0 Å². The van der Waals surface area contributed by atoms with E-state index in [2.05, 4.69) is 111 Å². The van der Waals surface area contributed by atoms with Gasteiger partial charge in [0.2, 0.25) is 0 Å². The fourth-order valence-electron chi connectivity index (χ4n) is 5.28. The van der Waals surface area contributed by atoms with Gasteiger partial charge in [-0.15, -0.1) is 0 Å². The Balaban J connectivity index is 1.96. The van der Waals surface area contributed by atoms with Crippen LogP contribution in [0.3, 0.4) is 0 Å². The molecule has 1 atom stereocenters. The van der Waals surface area contributed by atoms with E-state index < -0.39 is 14.2 Å². The van der Waals surface area contributed by atoms with E-state index in [1.165, 1.54) is 61.4 Å². The zero-order chi connectivity index (χ0) is 24.2. The van der Waals surface area contributed by atoms with Crippen LogP contribution >= 0.6 is 9.95 Å². The summed E-state index contributed by atoms with van der Waals surface area (Å²) in [6, 6.07) is 13.5. The number of halogens is 1. The second kappa shape index (κ2) is 8.85. The van der Waals surface area contributed by atoms with Crippen LogP contribution in [0.25, 0.3) is 0 Å². The Morgan fingerprint density at radius 3 is 1.48 bits per heavy atom. The van der Waals surface area contributed by atoms with Crippen LogP contribution in [0.5, 0.6) is 0 Å². The summed E-state index contributed by atoms with van der Waals surface area (Å²) in [4.78, 5) is 0. The quantitative estimate of drug-likeness (QED) is 0.363. The molecule has 33 heavy (non-hydrogen) atoms. The van der Waals surface area contributed by atoms with Crippen LogP contribution in [0.2, 0.25) is 0 Å². The van der Waals surface area contributed by atoms with E-state index in [-0.39, 0.29) is 0 Å². The van der Waals surface area contributed by atoms with Crippen molar-refractivity contribution in [3.8, 4) is 0 Å². The molecule has 5 heteroatoms. The van der Waals surface area contributed by atoms with Gasteiger partial charge in [-0.3, -0.25) is 0 Å². The van der Waals surface area contributed by atoms with Gasteiger partial charge < -0.3 is 0 Å². The standard InChI is InChI=1S/C28H33AsClN3/c1-16-10-19(4)25(20(5)11-16)31-28-32(26-21(6)12-17(2)13-22(26)7)29(30)33(28)27-23(8)14-18(3)15-24(27)9/h10-15H,1-9H3/p+1. The third-order valence-electron chi connectivity index (χ3n) is 6.34. The topological polar surface area (TPSA) is 18.3 Å². The summed E-state index contributed by atoms with van der Waals surface area (Å²) in [6.45, 7) is 19.6. The van der Waals surface area contributed by atoms with Crippen LogP contribution in [0.4, 0.5) is 17.1 Å². The monoisotopic (exact) mass is 522 g/mol. The first-order chi connectivity index (χ1) is 15.5. The summed E-state index contributed by atoms with van der Waals surface area (Å²) in [6.07, 6.45) is 0. The predicted octanol–water partition coefficient (Wildman–Crippen LogP) is 7.32. The molecule has 3 aromatic carbocycles. The number of hydrogen-bond acceptors (Lipinski definition) is 2. The van der Waals surface area contributed by atoms with Gasteiger partial charge in [0.1, 0.15) is 0 Å². The third kappa shape index (κ3) is 4.22. The number of nitrogens with zero attached hydrogens (tertiary/aromatic N) is 2. The maximum absolute atomic E-state index is 7.32. The molecule has 0 amide bonds. The maximum atomic E-state index is 7.32. The molecule has 3 nitrogen and oxygen atoms in total. The zero-order valence-electron chi connectivity index (χ0n) is 21.2. The molecule has 1 aliphatic heterocycles. The Hall–Kier alpha value is -2.22. The molecule has 3 aromatic rings. The van der Waals surface area contributed by atoms with Gasteiger partial charge in [-0.2, -0.15) is 0 Å². The van der Waals surface area contributed by atoms with Crippen molar-refractivity contribution in [2.75, 3.05) is 9.13 Å². The summed E-state index contributed by atoms with van der Waals surface area (Å²) in [7, 11) is 7.32. The zero-order valence-corrected chi connectivity index (χ0v) is 23.8. The summed E-state index contributed by atoms with van der Waals surface area (Å²) in [5.74, 6) is 1.06. The van der Waals surface area contributed by atoms with Gasteiger partial charge in [-0.05, 0) is 0 Å². The van der Waals surface area contributed by atoms with Gasteiger partial charge >= 0.3 is 209 Å². The SMILES string of the molecule is Cc1cc(C)c(NC2=[N+](c3c(C)cc(C)cc3C)[As](Cl)N2c2c(C)cc(C)cc2C)c(C)c1. The van der Waals surface area contributed by atoms with Crippen molar-refractivity contribution in [1.29, 1.82) is 0 Å². The Labute approximate surface area is 208 Å². The molecule has 1 N–H and O–H groups in total. The average Bonchev–Trinajstić information content (AvgIpc) is 2.68. The van der Waals surface area contributed by atoms with E-state index >= 15 is 0 Å². The van der Waals surface area contributed by atoms with E-state index in [0.29, 0.717) is 0 Å². The van der Waals surface area contributed by atoms with E-state index in [0.717, 1.165) is 11.6 Å². The molecule has 0 saturated heterocycles. The van der Waals surface area contributed by atoms with Crippen molar-refractivity contribution in [3.05, 3.63) is 86.5 Å². The van der Waals surface area contributed by atoms with Gasteiger partial charge in [0.05, 0.1) is 0 Å². The minimum absolute atomic E-state index is 1.06. The molecule has 172 valence electrons. The van der Waals surface area contributed by atoms with Crippen LogP contribution in [-0.4, -0.2) is 23.6 Å². The predicted molar refractivity (Wildman–Crippen MR) is 145 cm³/mol. The van der Waals surface area contributed by atoms with Crippen LogP contribution in [0, 0.1) is 62.3 Å². The Bertz CT molecular complexity index is 1240. The van der Waals surface area contributed by atoms with Gasteiger partial charge in [-0.1, -0.05) is 0 Å². The molecule has 0 aliphatic carbocycles. The first-order valence-electron chi connectivity index (χ1n) is 11.4. The molecule has 0 radical (unpaired) electrons. The second-order valence-electron chi connectivity index (χ2n) is 9.58. The van der Waals surface area contributed by atoms with Crippen molar-refractivity contribution in [3.63, 3.8) is 0 Å². The van der Waals surface area contributed by atoms with E-state index in [1.807, 2.05) is 0 Å². The molecular formula is C28H34AsClN3+. The molecule has 0 fully saturated rings. The second-order valence-corrected chi connectivity index (χ2v) is 13.8. The summed E-state index contributed by atoms with van der Waals surface area (Å²) in [5, 5.41) is 3.83. The molecular weight excluding hydrogens is 489 g/mol. The van der Waals surface area contributed by atoms with Gasteiger partial charge in [0, 0.05) is 0 Å². The molecule has 1 unspecified atom stereocenters. The number of aryl methyl sites for hydroxylation is 9. The van der Waals surface area contributed by atoms with Crippen LogP contribution in [0.15, 0.2) is 36.4 Å². The van der Waals surface area contributed by atoms with Crippen molar-refractivity contribution in [1.82, 2.24) is 0 Å². The van der Waals surface area contributed by atoms with Gasteiger partial charge in [-0.25, -0.2) is 0 Å². The Morgan fingerprint density at radius 1 is 0.636 bits per heavy atom. The summed E-state index contributed by atoms with van der Waals surface area (Å²) >= 11 is -2.08. The number of anilines is 2. The Morgan fingerprint density at radius 2 is 1.03 bits per heavy atom. The van der Waals surface area contributed by atoms with Crippen LogP contribution < -0.4 is 9.13 Å². The molecule has 0 saturated carbocycles. The molecule has 1 heterocycles. The molecule has 0 bridgehead atoms. The van der Waals surface area contributed by atoms with Gasteiger partial charge in [0.25, 0.3) is 0 Å². The first kappa shape index (κ1) is 23.9. The molecule has 1 aliphatic rings. The molecule has 0 spiro atoms. The van der Waals surface area contributed by atoms with E-state index in [9.17, 15) is 0 Å². The Kier molecular flexibility index (Phi) is 6.42. The van der Waals surface area contributed by atoms with Crippen LogP contribution in [0.1, 0.15) is 50.1 Å². The third-order valence-corrected chi connectivity index (χ3v) is 10.9. The number of rotatable bonds is 3. The van der Waals surface area contributed by atoms with Crippen molar-refractivity contribution >= 4 is 47.1 Å². The summed E-state index contributed by atoms with van der Waals surface area (Å²) in [5.41, 5.74) is 15.0. The van der Waals surface area contributed by atoms with Crippen molar-refractivity contribution in [2.24, 2.45) is 0 Å². The fourth-order valence-corrected chi connectivity index (χ4v) is 10.2. The normalized spacial score (nSPS) is 15.7. The van der Waals surface area contributed by atoms with Gasteiger partial charge in [0.15, 0.2) is 0 Å². The summed E-state index contributed by atoms with van der Waals surface area (Å²) < 4.78 is 4.77. The number of nitrogens with one attached hydrogen (secondary N) is 1. The number of hydrogen-bond donors (Lipinski definition) is 1. The van der Waals surface area contributed by atoms with Crippen molar-refractivity contribution < 1.29 is 3.49 Å². The molecule has 0 aromatic heterocycles. The average molecular weight is 523 g/mol. The van der Waals surface area contributed by atoms with E-state index in [4.69, 9.17) is 9.95 Å². The first-order valence-corrected chi connectivity index (χ1v) is 15.6. The van der Waals surface area contributed by atoms with Crippen molar-refractivity contribution in [2.45, 2.75) is 62.3 Å². The minimum atomic E-state index is -2.08. The number of guanidine groups is 1. The van der Waals surface area contributed by atoms with Crippen LogP contribution in [-0.2, 0) is 0 Å².